The molecule has 0 aromatic heterocycles. The van der Waals surface area contributed by atoms with E-state index in [9.17, 15) is 13.6 Å². The van der Waals surface area contributed by atoms with Crippen molar-refractivity contribution in [3.63, 3.8) is 0 Å². The van der Waals surface area contributed by atoms with Crippen LogP contribution in [-0.2, 0) is 4.74 Å². The highest BCUT2D eigenvalue weighted by molar-refractivity contribution is 5.93. The lowest BCUT2D eigenvalue weighted by Gasteiger charge is -2.19. The summed E-state index contributed by atoms with van der Waals surface area (Å²) in [6.07, 6.45) is 1.76. The second-order valence-electron chi connectivity index (χ2n) is 4.76. The summed E-state index contributed by atoms with van der Waals surface area (Å²) in [4.78, 5) is 11.6. The van der Waals surface area contributed by atoms with Crippen molar-refractivity contribution < 1.29 is 23.0 Å². The summed E-state index contributed by atoms with van der Waals surface area (Å²) in [5, 5.41) is 0. The molecule has 0 spiro atoms. The molecular formula is C17H12F2O3. The summed E-state index contributed by atoms with van der Waals surface area (Å²) in [5.41, 5.74) is 2.21. The maximum atomic E-state index is 13.5. The molecule has 1 aliphatic rings. The fourth-order valence-corrected chi connectivity index (χ4v) is 2.37. The summed E-state index contributed by atoms with van der Waals surface area (Å²) in [5.74, 6) is -1.72. The molecule has 3 rings (SSSR count). The van der Waals surface area contributed by atoms with Gasteiger partial charge >= 0.3 is 5.97 Å². The number of methoxy groups -OCH3 is 1. The van der Waals surface area contributed by atoms with E-state index < -0.39 is 17.6 Å². The Labute approximate surface area is 125 Å². The first-order valence-corrected chi connectivity index (χ1v) is 6.61. The van der Waals surface area contributed by atoms with E-state index in [1.807, 2.05) is 0 Å². The molecule has 0 radical (unpaired) electrons. The van der Waals surface area contributed by atoms with Crippen LogP contribution in [0.3, 0.4) is 0 Å². The number of fused-ring (bicyclic) bond motifs is 1. The van der Waals surface area contributed by atoms with Crippen LogP contribution < -0.4 is 4.74 Å². The molecule has 2 aromatic rings. The zero-order valence-electron chi connectivity index (χ0n) is 11.7. The summed E-state index contributed by atoms with van der Waals surface area (Å²) in [6, 6.07) is 8.57. The summed E-state index contributed by atoms with van der Waals surface area (Å²) in [7, 11) is 1.30. The van der Waals surface area contributed by atoms with Crippen LogP contribution in [0.5, 0.6) is 5.75 Å². The Hall–Kier alpha value is -2.69. The number of hydrogen-bond donors (Lipinski definition) is 0. The van der Waals surface area contributed by atoms with E-state index in [0.29, 0.717) is 34.6 Å². The molecule has 0 saturated heterocycles. The van der Waals surface area contributed by atoms with Crippen LogP contribution in [-0.4, -0.2) is 19.7 Å². The molecule has 0 bridgehead atoms. The zero-order chi connectivity index (χ0) is 15.7. The molecule has 0 atom stereocenters. The summed E-state index contributed by atoms with van der Waals surface area (Å²) in [6.45, 7) is 0.318. The normalized spacial score (nSPS) is 13.0. The Morgan fingerprint density at radius 1 is 1.14 bits per heavy atom. The lowest BCUT2D eigenvalue weighted by Crippen LogP contribution is -2.08. The fraction of sp³-hybridized carbons (Fsp3) is 0.118. The zero-order valence-corrected chi connectivity index (χ0v) is 11.7. The second-order valence-corrected chi connectivity index (χ2v) is 4.76. The monoisotopic (exact) mass is 302 g/mol. The van der Waals surface area contributed by atoms with Gasteiger partial charge in [0, 0.05) is 5.56 Å². The minimum Gasteiger partial charge on any atom is -0.489 e. The smallest absolute Gasteiger partial charge is 0.337 e. The van der Waals surface area contributed by atoms with Gasteiger partial charge < -0.3 is 9.47 Å². The molecule has 0 fully saturated rings. The Kier molecular flexibility index (Phi) is 3.63. The second kappa shape index (κ2) is 5.60. The third-order valence-electron chi connectivity index (χ3n) is 3.45. The maximum Gasteiger partial charge on any atom is 0.337 e. The van der Waals surface area contributed by atoms with Gasteiger partial charge in [0.15, 0.2) is 11.6 Å². The van der Waals surface area contributed by atoms with Crippen molar-refractivity contribution in [2.75, 3.05) is 13.7 Å². The Bertz CT molecular complexity index is 781. The van der Waals surface area contributed by atoms with Crippen molar-refractivity contribution in [3.8, 4) is 5.75 Å². The molecule has 1 aliphatic heterocycles. The maximum absolute atomic E-state index is 13.5. The van der Waals surface area contributed by atoms with Gasteiger partial charge in [-0.25, -0.2) is 13.6 Å². The van der Waals surface area contributed by atoms with Crippen LogP contribution in [0.15, 0.2) is 42.5 Å². The number of carbonyl (C=O) groups excluding carboxylic acids is 1. The van der Waals surface area contributed by atoms with Crippen molar-refractivity contribution in [2.24, 2.45) is 0 Å². The quantitative estimate of drug-likeness (QED) is 0.796. The van der Waals surface area contributed by atoms with Gasteiger partial charge in [0.2, 0.25) is 0 Å². The van der Waals surface area contributed by atoms with Crippen molar-refractivity contribution in [1.29, 1.82) is 0 Å². The molecule has 112 valence electrons. The molecule has 0 unspecified atom stereocenters. The van der Waals surface area contributed by atoms with E-state index >= 15 is 0 Å². The average Bonchev–Trinajstić information content (AvgIpc) is 2.55. The molecule has 2 aromatic carbocycles. The predicted molar refractivity (Wildman–Crippen MR) is 76.7 cm³/mol. The van der Waals surface area contributed by atoms with E-state index in [2.05, 4.69) is 0 Å². The van der Waals surface area contributed by atoms with Crippen LogP contribution in [0, 0.1) is 11.6 Å². The molecule has 3 nitrogen and oxygen atoms in total. The van der Waals surface area contributed by atoms with Crippen molar-refractivity contribution in [2.45, 2.75) is 0 Å². The third-order valence-corrected chi connectivity index (χ3v) is 3.45. The van der Waals surface area contributed by atoms with Crippen LogP contribution in [0.1, 0.15) is 21.5 Å². The SMILES string of the molecule is COC(=O)c1ccc2c(c1)C(c1ccc(F)c(F)c1)=CCO2. The number of ether oxygens (including phenoxy) is 2. The van der Waals surface area contributed by atoms with E-state index in [1.54, 1.807) is 24.3 Å². The van der Waals surface area contributed by atoms with Crippen LogP contribution in [0.25, 0.3) is 5.57 Å². The largest absolute Gasteiger partial charge is 0.489 e. The predicted octanol–water partition coefficient (Wildman–Crippen LogP) is 3.58. The lowest BCUT2D eigenvalue weighted by atomic mass is 9.94. The molecule has 5 heteroatoms. The fourth-order valence-electron chi connectivity index (χ4n) is 2.37. The van der Waals surface area contributed by atoms with Gasteiger partial charge in [0.1, 0.15) is 12.4 Å². The van der Waals surface area contributed by atoms with Crippen molar-refractivity contribution >= 4 is 11.5 Å². The van der Waals surface area contributed by atoms with Gasteiger partial charge in [0.05, 0.1) is 12.7 Å². The van der Waals surface area contributed by atoms with Crippen molar-refractivity contribution in [3.05, 3.63) is 70.8 Å². The molecule has 22 heavy (non-hydrogen) atoms. The van der Waals surface area contributed by atoms with E-state index in [-0.39, 0.29) is 0 Å². The lowest BCUT2D eigenvalue weighted by molar-refractivity contribution is 0.0600. The standard InChI is InChI=1S/C17H12F2O3/c1-21-17(20)11-3-5-16-13(8-11)12(6-7-22-16)10-2-4-14(18)15(19)9-10/h2-6,8-9H,7H2,1H3. The van der Waals surface area contributed by atoms with Crippen molar-refractivity contribution in [1.82, 2.24) is 0 Å². The molecule has 0 aliphatic carbocycles. The van der Waals surface area contributed by atoms with E-state index in [4.69, 9.17) is 9.47 Å². The first-order valence-electron chi connectivity index (χ1n) is 6.61. The van der Waals surface area contributed by atoms with Crippen LogP contribution in [0.4, 0.5) is 8.78 Å². The number of carbonyl (C=O) groups is 1. The molecule has 0 amide bonds. The van der Waals surface area contributed by atoms with Gasteiger partial charge in [-0.05, 0) is 47.5 Å². The van der Waals surface area contributed by atoms with E-state index in [1.165, 1.54) is 13.2 Å². The number of halogens is 2. The minimum atomic E-state index is -0.921. The highest BCUT2D eigenvalue weighted by atomic mass is 19.2. The molecule has 1 heterocycles. The molecule has 0 N–H and O–H groups in total. The number of esters is 1. The van der Waals surface area contributed by atoms with Gasteiger partial charge in [-0.2, -0.15) is 0 Å². The minimum absolute atomic E-state index is 0.318. The van der Waals surface area contributed by atoms with Crippen LogP contribution in [0.2, 0.25) is 0 Å². The van der Waals surface area contributed by atoms with Gasteiger partial charge in [-0.15, -0.1) is 0 Å². The number of benzene rings is 2. The average molecular weight is 302 g/mol. The first-order chi connectivity index (χ1) is 10.6. The third kappa shape index (κ3) is 2.45. The van der Waals surface area contributed by atoms with Gasteiger partial charge in [-0.1, -0.05) is 6.07 Å². The number of rotatable bonds is 2. The Morgan fingerprint density at radius 2 is 1.95 bits per heavy atom. The first kappa shape index (κ1) is 14.3. The topological polar surface area (TPSA) is 35.5 Å². The highest BCUT2D eigenvalue weighted by Gasteiger charge is 2.19. The van der Waals surface area contributed by atoms with Crippen LogP contribution >= 0.6 is 0 Å². The summed E-state index contributed by atoms with van der Waals surface area (Å²) < 4.78 is 36.8. The van der Waals surface area contributed by atoms with Gasteiger partial charge in [0.25, 0.3) is 0 Å². The Morgan fingerprint density at radius 3 is 2.68 bits per heavy atom. The molecule has 0 saturated carbocycles. The molecular weight excluding hydrogens is 290 g/mol. The highest BCUT2D eigenvalue weighted by Crippen LogP contribution is 2.35. The van der Waals surface area contributed by atoms with Gasteiger partial charge in [-0.3, -0.25) is 0 Å². The summed E-state index contributed by atoms with van der Waals surface area (Å²) >= 11 is 0. The van der Waals surface area contributed by atoms with E-state index in [0.717, 1.165) is 12.1 Å². The Balaban J connectivity index is 2.10. The number of hydrogen-bond acceptors (Lipinski definition) is 3.